The van der Waals surface area contributed by atoms with Crippen molar-refractivity contribution in [1.29, 1.82) is 0 Å². The Bertz CT molecular complexity index is 1130. The van der Waals surface area contributed by atoms with E-state index in [2.05, 4.69) is 15.0 Å². The van der Waals surface area contributed by atoms with Gasteiger partial charge in [-0.1, -0.05) is 30.3 Å². The van der Waals surface area contributed by atoms with Gasteiger partial charge in [-0.25, -0.2) is 9.78 Å². The molecule has 144 valence electrons. The van der Waals surface area contributed by atoms with Gasteiger partial charge in [0.1, 0.15) is 11.3 Å². The van der Waals surface area contributed by atoms with Gasteiger partial charge in [-0.15, -0.1) is 0 Å². The van der Waals surface area contributed by atoms with Gasteiger partial charge < -0.3 is 9.15 Å². The average Bonchev–Trinajstić information content (AvgIpc) is 3.18. The minimum atomic E-state index is -0.656. The maximum atomic E-state index is 12.2. The van der Waals surface area contributed by atoms with E-state index in [-0.39, 0.29) is 5.76 Å². The molecule has 0 atom stereocenters. The molecule has 0 radical (unpaired) electrons. The third-order valence-corrected chi connectivity index (χ3v) is 4.58. The molecule has 0 fully saturated rings. The molecular weight excluding hydrogens is 390 g/mol. The number of nitrogens with zero attached hydrogens (tertiary/aromatic N) is 1. The van der Waals surface area contributed by atoms with Gasteiger partial charge >= 0.3 is 6.03 Å². The average molecular weight is 405 g/mol. The minimum Gasteiger partial charge on any atom is -0.451 e. The highest BCUT2D eigenvalue weighted by molar-refractivity contribution is 7.98. The maximum Gasteiger partial charge on any atom is 0.332 e. The Kier molecular flexibility index (Phi) is 5.44. The van der Waals surface area contributed by atoms with Crippen molar-refractivity contribution in [3.8, 4) is 11.6 Å². The fourth-order valence-corrected chi connectivity index (χ4v) is 3.10. The second kappa shape index (κ2) is 8.49. The molecule has 2 aromatic carbocycles. The van der Waals surface area contributed by atoms with E-state index >= 15 is 0 Å². The molecule has 2 N–H and O–H groups in total. The number of hydrogen-bond acceptors (Lipinski definition) is 6. The van der Waals surface area contributed by atoms with Crippen LogP contribution in [0.5, 0.6) is 11.6 Å². The smallest absolute Gasteiger partial charge is 0.332 e. The van der Waals surface area contributed by atoms with E-state index in [1.54, 1.807) is 54.7 Å². The molecule has 0 spiro atoms. The first-order valence-electron chi connectivity index (χ1n) is 8.63. The van der Waals surface area contributed by atoms with Gasteiger partial charge in [-0.2, -0.15) is 0 Å². The van der Waals surface area contributed by atoms with Crippen molar-refractivity contribution in [2.75, 3.05) is 0 Å². The van der Waals surface area contributed by atoms with E-state index in [0.29, 0.717) is 17.2 Å². The maximum absolute atomic E-state index is 12.2. The van der Waals surface area contributed by atoms with Crippen LogP contribution in [0, 0.1) is 0 Å². The van der Waals surface area contributed by atoms with Crippen LogP contribution in [-0.4, -0.2) is 16.9 Å². The van der Waals surface area contributed by atoms with Crippen molar-refractivity contribution in [3.05, 3.63) is 84.8 Å². The van der Waals surface area contributed by atoms with Gasteiger partial charge in [0.15, 0.2) is 5.76 Å². The lowest BCUT2D eigenvalue weighted by Crippen LogP contribution is -2.36. The highest BCUT2D eigenvalue weighted by atomic mass is 32.2. The minimum absolute atomic E-state index is 0.0668. The number of benzene rings is 2. The lowest BCUT2D eigenvalue weighted by molar-refractivity contribution is 0.0940. The number of carbonyl (C=O) groups excluding carboxylic acids is 2. The molecule has 4 rings (SSSR count). The number of pyridine rings is 1. The van der Waals surface area contributed by atoms with Gasteiger partial charge in [-0.05, 0) is 48.3 Å². The highest BCUT2D eigenvalue weighted by Crippen LogP contribution is 2.24. The molecule has 8 heteroatoms. The van der Waals surface area contributed by atoms with Crippen molar-refractivity contribution in [2.45, 2.75) is 4.90 Å². The van der Waals surface area contributed by atoms with Crippen LogP contribution in [0.15, 0.2) is 88.3 Å². The zero-order valence-electron chi connectivity index (χ0n) is 15.0. The molecule has 3 amide bonds. The normalized spacial score (nSPS) is 10.5. The summed E-state index contributed by atoms with van der Waals surface area (Å²) in [5.74, 6) is 0.495. The third kappa shape index (κ3) is 4.74. The molecule has 7 nitrogen and oxygen atoms in total. The topological polar surface area (TPSA) is 93.5 Å². The molecule has 0 unspecified atom stereocenters. The van der Waals surface area contributed by atoms with Crippen LogP contribution >= 0.6 is 11.9 Å². The number of hydrogen-bond donors (Lipinski definition) is 2. The number of nitrogens with one attached hydrogen (secondary N) is 2. The number of fused-ring (bicyclic) bond motifs is 1. The van der Waals surface area contributed by atoms with Gasteiger partial charge in [0.25, 0.3) is 5.91 Å². The Labute approximate surface area is 170 Å². The van der Waals surface area contributed by atoms with E-state index in [9.17, 15) is 9.59 Å². The molecule has 4 aromatic rings. The Morgan fingerprint density at radius 3 is 2.66 bits per heavy atom. The summed E-state index contributed by atoms with van der Waals surface area (Å²) in [6, 6.07) is 20.7. The summed E-state index contributed by atoms with van der Waals surface area (Å²) >= 11 is 1.05. The Hall–Kier alpha value is -3.78. The van der Waals surface area contributed by atoms with Gasteiger partial charge in [-0.3, -0.25) is 14.8 Å². The standard InChI is InChI=1S/C21H15N3O4S/c25-20(18-12-14-6-1-2-9-17(14)28-18)23-21(26)24-29-16-8-5-7-15(13-16)27-19-10-3-4-11-22-19/h1-13H,(H2,23,24,25,26). The number of para-hydroxylation sites is 1. The summed E-state index contributed by atoms with van der Waals surface area (Å²) < 4.78 is 13.7. The number of imide groups is 1. The van der Waals surface area contributed by atoms with Crippen LogP contribution < -0.4 is 14.8 Å². The van der Waals surface area contributed by atoms with Crippen molar-refractivity contribution < 1.29 is 18.7 Å². The second-order valence-corrected chi connectivity index (χ2v) is 6.76. The van der Waals surface area contributed by atoms with Crippen LogP contribution in [0.2, 0.25) is 0 Å². The quantitative estimate of drug-likeness (QED) is 0.465. The summed E-state index contributed by atoms with van der Waals surface area (Å²) in [5.41, 5.74) is 0.581. The second-order valence-electron chi connectivity index (χ2n) is 5.88. The number of furan rings is 1. The molecule has 2 aromatic heterocycles. The fraction of sp³-hybridized carbons (Fsp3) is 0. The number of aromatic nitrogens is 1. The van der Waals surface area contributed by atoms with E-state index in [4.69, 9.17) is 9.15 Å². The predicted molar refractivity (Wildman–Crippen MR) is 109 cm³/mol. The lowest BCUT2D eigenvalue weighted by atomic mass is 10.2. The summed E-state index contributed by atoms with van der Waals surface area (Å²) in [4.78, 5) is 29.1. The number of carbonyl (C=O) groups is 2. The third-order valence-electron chi connectivity index (χ3n) is 3.80. The highest BCUT2D eigenvalue weighted by Gasteiger charge is 2.15. The van der Waals surface area contributed by atoms with Crippen LogP contribution in [0.3, 0.4) is 0 Å². The Morgan fingerprint density at radius 1 is 0.966 bits per heavy atom. The van der Waals surface area contributed by atoms with Crippen LogP contribution in [0.25, 0.3) is 11.0 Å². The zero-order valence-corrected chi connectivity index (χ0v) is 15.8. The van der Waals surface area contributed by atoms with Gasteiger partial charge in [0.2, 0.25) is 5.88 Å². The molecule has 0 aliphatic carbocycles. The van der Waals surface area contributed by atoms with Crippen molar-refractivity contribution in [1.82, 2.24) is 15.0 Å². The van der Waals surface area contributed by atoms with E-state index in [0.717, 1.165) is 22.2 Å². The van der Waals surface area contributed by atoms with Gasteiger partial charge in [0, 0.05) is 22.5 Å². The Morgan fingerprint density at radius 2 is 1.83 bits per heavy atom. The zero-order chi connectivity index (χ0) is 20.1. The first kappa shape index (κ1) is 18.6. The predicted octanol–water partition coefficient (Wildman–Crippen LogP) is 4.77. The summed E-state index contributed by atoms with van der Waals surface area (Å²) in [6.45, 7) is 0. The number of amides is 3. The van der Waals surface area contributed by atoms with Gasteiger partial charge in [0.05, 0.1) is 0 Å². The number of urea groups is 1. The largest absolute Gasteiger partial charge is 0.451 e. The van der Waals surface area contributed by atoms with Crippen molar-refractivity contribution in [2.24, 2.45) is 0 Å². The molecule has 0 saturated carbocycles. The van der Waals surface area contributed by atoms with Crippen LogP contribution in [-0.2, 0) is 0 Å². The van der Waals surface area contributed by atoms with Crippen LogP contribution in [0.1, 0.15) is 10.6 Å². The van der Waals surface area contributed by atoms with E-state index in [1.165, 1.54) is 0 Å². The molecular formula is C21H15N3O4S. The van der Waals surface area contributed by atoms with Crippen molar-refractivity contribution in [3.63, 3.8) is 0 Å². The first-order chi connectivity index (χ1) is 14.2. The summed E-state index contributed by atoms with van der Waals surface area (Å²) in [5, 5.41) is 3.03. The van der Waals surface area contributed by atoms with Crippen LogP contribution in [0.4, 0.5) is 4.79 Å². The molecule has 0 bridgehead atoms. The monoisotopic (exact) mass is 405 g/mol. The molecule has 29 heavy (non-hydrogen) atoms. The summed E-state index contributed by atoms with van der Waals surface area (Å²) in [7, 11) is 0. The Balaban J connectivity index is 1.33. The molecule has 0 aliphatic rings. The number of rotatable bonds is 5. The fourth-order valence-electron chi connectivity index (χ4n) is 2.52. The lowest BCUT2D eigenvalue weighted by Gasteiger charge is -2.07. The van der Waals surface area contributed by atoms with Crippen molar-refractivity contribution >= 4 is 34.9 Å². The molecule has 2 heterocycles. The number of ether oxygens (including phenoxy) is 1. The first-order valence-corrected chi connectivity index (χ1v) is 9.45. The molecule has 0 saturated heterocycles. The van der Waals surface area contributed by atoms with E-state index in [1.807, 2.05) is 24.3 Å². The molecule has 0 aliphatic heterocycles. The summed E-state index contributed by atoms with van der Waals surface area (Å²) in [6.07, 6.45) is 1.64. The van der Waals surface area contributed by atoms with E-state index < -0.39 is 11.9 Å². The SMILES string of the molecule is O=C(NSc1cccc(Oc2ccccn2)c1)NC(=O)c1cc2ccccc2o1.